The minimum atomic E-state index is -1.46. The van der Waals surface area contributed by atoms with Gasteiger partial charge in [0.15, 0.2) is 11.0 Å². The smallest absolute Gasteiger partial charge is 0.338 e. The number of carbonyl (C=O) groups excluding carboxylic acids is 1. The van der Waals surface area contributed by atoms with E-state index in [-0.39, 0.29) is 0 Å². The van der Waals surface area contributed by atoms with Crippen molar-refractivity contribution in [1.82, 2.24) is 0 Å². The van der Waals surface area contributed by atoms with Gasteiger partial charge in [-0.05, 0) is 55.0 Å². The molecular formula is C22H20ClNO3S. The first kappa shape index (κ1) is 20.1. The van der Waals surface area contributed by atoms with Crippen molar-refractivity contribution in [2.24, 2.45) is 0 Å². The summed E-state index contributed by atoms with van der Waals surface area (Å²) < 4.78 is 20.2. The molecule has 0 aliphatic rings. The largest absolute Gasteiger partial charge is 0.462 e. The van der Waals surface area contributed by atoms with Crippen LogP contribution in [0.1, 0.15) is 22.8 Å². The van der Waals surface area contributed by atoms with E-state index in [1.807, 2.05) is 48.5 Å². The molecule has 0 radical (unpaired) electrons. The average Bonchev–Trinajstić information content (AvgIpc) is 2.74. The van der Waals surface area contributed by atoms with Crippen LogP contribution in [0.15, 0.2) is 83.8 Å². The van der Waals surface area contributed by atoms with Crippen molar-refractivity contribution in [3.63, 3.8) is 0 Å². The molecule has 0 aromatic heterocycles. The zero-order chi connectivity index (χ0) is 19.9. The third-order valence-electron chi connectivity index (χ3n) is 4.03. The zero-order valence-corrected chi connectivity index (χ0v) is 17.0. The predicted molar refractivity (Wildman–Crippen MR) is 113 cm³/mol. The average molecular weight is 414 g/mol. The minimum absolute atomic E-state index is 0.299. The summed E-state index contributed by atoms with van der Waals surface area (Å²) in [6.07, 6.45) is 0. The molecule has 1 atom stereocenters. The van der Waals surface area contributed by atoms with Crippen molar-refractivity contribution < 1.29 is 13.7 Å². The Morgan fingerprint density at radius 1 is 1.00 bits per heavy atom. The van der Waals surface area contributed by atoms with E-state index in [0.29, 0.717) is 34.3 Å². The first-order valence-corrected chi connectivity index (χ1v) is 10.3. The van der Waals surface area contributed by atoms with Gasteiger partial charge in [-0.3, -0.25) is 4.31 Å². The number of esters is 1. The maximum absolute atomic E-state index is 13.3. The molecule has 0 heterocycles. The van der Waals surface area contributed by atoms with Crippen LogP contribution >= 0.6 is 11.6 Å². The molecule has 6 heteroatoms. The SMILES string of the molecule is CCOC(=O)c1cccc(N(Cc2ccc(Cl)cc2)S(=O)c2ccccc2)c1. The van der Waals surface area contributed by atoms with Crippen molar-refractivity contribution in [2.45, 2.75) is 18.4 Å². The van der Waals surface area contributed by atoms with Crippen LogP contribution in [-0.4, -0.2) is 16.8 Å². The Bertz CT molecular complexity index is 961. The highest BCUT2D eigenvalue weighted by atomic mass is 35.5. The summed E-state index contributed by atoms with van der Waals surface area (Å²) >= 11 is 5.98. The van der Waals surface area contributed by atoms with Gasteiger partial charge in [0.25, 0.3) is 0 Å². The molecule has 3 aromatic carbocycles. The van der Waals surface area contributed by atoms with E-state index in [1.54, 1.807) is 41.6 Å². The van der Waals surface area contributed by atoms with E-state index in [0.717, 1.165) is 5.56 Å². The van der Waals surface area contributed by atoms with Crippen LogP contribution in [0, 0.1) is 0 Å². The fourth-order valence-corrected chi connectivity index (χ4v) is 4.01. The molecule has 0 saturated heterocycles. The van der Waals surface area contributed by atoms with E-state index in [1.165, 1.54) is 0 Å². The molecular weight excluding hydrogens is 394 g/mol. The lowest BCUT2D eigenvalue weighted by Gasteiger charge is -2.24. The third-order valence-corrected chi connectivity index (χ3v) is 5.70. The Hall–Kier alpha value is -2.63. The first-order chi connectivity index (χ1) is 13.6. The van der Waals surface area contributed by atoms with E-state index >= 15 is 0 Å². The number of ether oxygens (including phenoxy) is 1. The van der Waals surface area contributed by atoms with Gasteiger partial charge in [-0.15, -0.1) is 0 Å². The van der Waals surface area contributed by atoms with Gasteiger partial charge in [-0.1, -0.05) is 48.0 Å². The summed E-state index contributed by atoms with van der Waals surface area (Å²) in [5.74, 6) is -0.402. The molecule has 3 rings (SSSR count). The van der Waals surface area contributed by atoms with Crippen molar-refractivity contribution in [1.29, 1.82) is 0 Å². The minimum Gasteiger partial charge on any atom is -0.462 e. The highest BCUT2D eigenvalue weighted by Gasteiger charge is 2.18. The number of hydrogen-bond donors (Lipinski definition) is 0. The summed E-state index contributed by atoms with van der Waals surface area (Å²) in [4.78, 5) is 12.8. The molecule has 0 aliphatic carbocycles. The number of carbonyl (C=O) groups is 1. The van der Waals surface area contributed by atoms with Crippen molar-refractivity contribution in [3.8, 4) is 0 Å². The summed E-state index contributed by atoms with van der Waals surface area (Å²) in [6.45, 7) is 2.46. The van der Waals surface area contributed by atoms with E-state index in [4.69, 9.17) is 16.3 Å². The number of rotatable bonds is 7. The highest BCUT2D eigenvalue weighted by molar-refractivity contribution is 7.86. The Kier molecular flexibility index (Phi) is 6.85. The van der Waals surface area contributed by atoms with Crippen LogP contribution in [-0.2, 0) is 22.3 Å². The molecule has 0 aliphatic heterocycles. The number of halogens is 1. The third kappa shape index (κ3) is 5.00. The van der Waals surface area contributed by atoms with Crippen molar-refractivity contribution in [3.05, 3.63) is 95.0 Å². The number of benzene rings is 3. The molecule has 3 aromatic rings. The summed E-state index contributed by atoms with van der Waals surface area (Å²) in [7, 11) is -1.46. The second kappa shape index (κ2) is 9.53. The molecule has 28 heavy (non-hydrogen) atoms. The highest BCUT2D eigenvalue weighted by Crippen LogP contribution is 2.25. The molecule has 0 N–H and O–H groups in total. The quantitative estimate of drug-likeness (QED) is 0.497. The fraction of sp³-hybridized carbons (Fsp3) is 0.136. The van der Waals surface area contributed by atoms with E-state index in [2.05, 4.69) is 0 Å². The predicted octanol–water partition coefficient (Wildman–Crippen LogP) is 5.25. The van der Waals surface area contributed by atoms with Gasteiger partial charge in [-0.2, -0.15) is 0 Å². The van der Waals surface area contributed by atoms with E-state index < -0.39 is 17.0 Å². The molecule has 1 unspecified atom stereocenters. The van der Waals surface area contributed by atoms with Crippen LogP contribution < -0.4 is 4.31 Å². The molecule has 0 bridgehead atoms. The van der Waals surface area contributed by atoms with Gasteiger partial charge >= 0.3 is 5.97 Å². The van der Waals surface area contributed by atoms with Crippen molar-refractivity contribution in [2.75, 3.05) is 10.9 Å². The molecule has 0 saturated carbocycles. The Morgan fingerprint density at radius 2 is 1.71 bits per heavy atom. The van der Waals surface area contributed by atoms with Crippen LogP contribution in [0.25, 0.3) is 0 Å². The van der Waals surface area contributed by atoms with Crippen molar-refractivity contribution >= 4 is 34.2 Å². The van der Waals surface area contributed by atoms with Crippen LogP contribution in [0.5, 0.6) is 0 Å². The Labute approximate surface area is 172 Å². The molecule has 0 fully saturated rings. The van der Waals surface area contributed by atoms with Crippen LogP contribution in [0.2, 0.25) is 5.02 Å². The van der Waals surface area contributed by atoms with Crippen LogP contribution in [0.3, 0.4) is 0 Å². The number of hydrogen-bond acceptors (Lipinski definition) is 3. The molecule has 4 nitrogen and oxygen atoms in total. The van der Waals surface area contributed by atoms with Gasteiger partial charge in [0.1, 0.15) is 0 Å². The summed E-state index contributed by atoms with van der Waals surface area (Å²) in [5, 5.41) is 0.642. The molecule has 0 spiro atoms. The van der Waals surface area contributed by atoms with E-state index in [9.17, 15) is 9.00 Å². The summed E-state index contributed by atoms with van der Waals surface area (Å²) in [5.41, 5.74) is 2.04. The van der Waals surface area contributed by atoms with Gasteiger partial charge in [0.2, 0.25) is 0 Å². The number of anilines is 1. The lowest BCUT2D eigenvalue weighted by atomic mass is 10.2. The normalized spacial score (nSPS) is 11.6. The molecule has 144 valence electrons. The second-order valence-electron chi connectivity index (χ2n) is 6.00. The zero-order valence-electron chi connectivity index (χ0n) is 15.4. The van der Waals surface area contributed by atoms with Gasteiger partial charge < -0.3 is 4.74 Å². The lowest BCUT2D eigenvalue weighted by molar-refractivity contribution is 0.0526. The lowest BCUT2D eigenvalue weighted by Crippen LogP contribution is -2.25. The topological polar surface area (TPSA) is 46.6 Å². The van der Waals surface area contributed by atoms with Gasteiger partial charge in [0.05, 0.1) is 29.3 Å². The standard InChI is InChI=1S/C22H20ClNO3S/c1-2-27-22(25)18-7-6-8-20(15-18)24(16-17-11-13-19(23)14-12-17)28(26)21-9-4-3-5-10-21/h3-15H,2,16H2,1H3. The maximum Gasteiger partial charge on any atom is 0.338 e. The van der Waals surface area contributed by atoms with Gasteiger partial charge in [-0.25, -0.2) is 9.00 Å². The second-order valence-corrected chi connectivity index (χ2v) is 7.84. The monoisotopic (exact) mass is 413 g/mol. The first-order valence-electron chi connectivity index (χ1n) is 8.84. The Morgan fingerprint density at radius 3 is 2.39 bits per heavy atom. The van der Waals surface area contributed by atoms with Crippen LogP contribution in [0.4, 0.5) is 5.69 Å². The van der Waals surface area contributed by atoms with Gasteiger partial charge in [0, 0.05) is 5.02 Å². The Balaban J connectivity index is 1.98. The summed E-state index contributed by atoms with van der Waals surface area (Å²) in [6, 6.07) is 23.6. The fourth-order valence-electron chi connectivity index (χ4n) is 2.67. The molecule has 0 amide bonds. The number of nitrogens with zero attached hydrogens (tertiary/aromatic N) is 1. The maximum atomic E-state index is 13.3.